The van der Waals surface area contributed by atoms with Crippen LogP contribution in [0.5, 0.6) is 0 Å². The van der Waals surface area contributed by atoms with Gasteiger partial charge in [0.15, 0.2) is 0 Å². The number of rotatable bonds is 6. The molecule has 0 aliphatic carbocycles. The SMILES string of the molecule is N#CCSc1ccccc1NC(=O)CSc1ccc(Cl)cn1. The summed E-state index contributed by atoms with van der Waals surface area (Å²) in [7, 11) is 0. The first-order valence-corrected chi connectivity index (χ1v) is 8.67. The number of halogens is 1. The van der Waals surface area contributed by atoms with Gasteiger partial charge in [-0.1, -0.05) is 35.5 Å². The van der Waals surface area contributed by atoms with Crippen LogP contribution in [0.1, 0.15) is 0 Å². The molecular formula is C15H12ClN3OS2. The summed E-state index contributed by atoms with van der Waals surface area (Å²) in [5.41, 5.74) is 0.720. The van der Waals surface area contributed by atoms with Crippen molar-refractivity contribution < 1.29 is 4.79 Å². The number of aromatic nitrogens is 1. The number of nitrogens with zero attached hydrogens (tertiary/aromatic N) is 2. The molecule has 2 rings (SSSR count). The number of nitrogens with one attached hydrogen (secondary N) is 1. The lowest BCUT2D eigenvalue weighted by molar-refractivity contribution is -0.113. The first kappa shape index (κ1) is 16.7. The fourth-order valence-corrected chi connectivity index (χ4v) is 3.00. The molecule has 0 aliphatic heterocycles. The standard InChI is InChI=1S/C15H12ClN3OS2/c16-11-5-6-15(18-9-11)22-10-14(20)19-12-3-1-2-4-13(12)21-8-7-17/h1-6,9H,8,10H2,(H,19,20). The second kappa shape index (κ2) is 8.69. The van der Waals surface area contributed by atoms with Crippen LogP contribution >= 0.6 is 35.1 Å². The number of carbonyl (C=O) groups is 1. The minimum absolute atomic E-state index is 0.119. The Balaban J connectivity index is 1.92. The third-order valence-electron chi connectivity index (χ3n) is 2.50. The van der Waals surface area contributed by atoms with E-state index in [2.05, 4.69) is 16.4 Å². The van der Waals surface area contributed by atoms with E-state index in [-0.39, 0.29) is 11.7 Å². The first-order chi connectivity index (χ1) is 10.7. The molecule has 0 spiro atoms. The van der Waals surface area contributed by atoms with Gasteiger partial charge in [0.05, 0.1) is 33.3 Å². The molecule has 22 heavy (non-hydrogen) atoms. The van der Waals surface area contributed by atoms with E-state index < -0.39 is 0 Å². The van der Waals surface area contributed by atoms with Gasteiger partial charge in [0.25, 0.3) is 0 Å². The highest BCUT2D eigenvalue weighted by Gasteiger charge is 2.08. The molecule has 0 radical (unpaired) electrons. The maximum atomic E-state index is 12.0. The number of amides is 1. The number of hydrogen-bond acceptors (Lipinski definition) is 5. The fourth-order valence-electron chi connectivity index (χ4n) is 1.58. The number of thioether (sulfide) groups is 2. The van der Waals surface area contributed by atoms with Crippen molar-refractivity contribution >= 4 is 46.7 Å². The van der Waals surface area contributed by atoms with Crippen LogP contribution in [-0.2, 0) is 4.79 Å². The molecular weight excluding hydrogens is 338 g/mol. The molecule has 0 atom stereocenters. The van der Waals surface area contributed by atoms with Gasteiger partial charge in [0, 0.05) is 11.1 Å². The summed E-state index contributed by atoms with van der Waals surface area (Å²) in [5.74, 6) is 0.481. The van der Waals surface area contributed by atoms with E-state index in [9.17, 15) is 4.79 Å². The monoisotopic (exact) mass is 349 g/mol. The highest BCUT2D eigenvalue weighted by molar-refractivity contribution is 8.00. The van der Waals surface area contributed by atoms with E-state index in [4.69, 9.17) is 16.9 Å². The molecule has 0 saturated carbocycles. The average Bonchev–Trinajstić information content (AvgIpc) is 2.53. The van der Waals surface area contributed by atoms with Gasteiger partial charge in [-0.25, -0.2) is 4.98 Å². The van der Waals surface area contributed by atoms with E-state index in [0.717, 1.165) is 15.6 Å². The molecule has 0 unspecified atom stereocenters. The van der Waals surface area contributed by atoms with Crippen molar-refractivity contribution in [2.75, 3.05) is 16.8 Å². The first-order valence-electron chi connectivity index (χ1n) is 6.32. The number of benzene rings is 1. The average molecular weight is 350 g/mol. The lowest BCUT2D eigenvalue weighted by Crippen LogP contribution is -2.14. The van der Waals surface area contributed by atoms with Gasteiger partial charge in [-0.2, -0.15) is 5.26 Å². The lowest BCUT2D eigenvalue weighted by atomic mass is 10.3. The number of nitriles is 1. The highest BCUT2D eigenvalue weighted by Crippen LogP contribution is 2.27. The largest absolute Gasteiger partial charge is 0.324 e. The van der Waals surface area contributed by atoms with E-state index >= 15 is 0 Å². The van der Waals surface area contributed by atoms with Gasteiger partial charge < -0.3 is 5.32 Å². The van der Waals surface area contributed by atoms with Gasteiger partial charge in [-0.15, -0.1) is 11.8 Å². The molecule has 4 nitrogen and oxygen atoms in total. The van der Waals surface area contributed by atoms with Crippen molar-refractivity contribution in [3.63, 3.8) is 0 Å². The Kier molecular flexibility index (Phi) is 6.59. The predicted molar refractivity (Wildman–Crippen MR) is 91.4 cm³/mol. The van der Waals surface area contributed by atoms with Crippen LogP contribution in [0.4, 0.5) is 5.69 Å². The van der Waals surface area contributed by atoms with Crippen LogP contribution in [0.3, 0.4) is 0 Å². The van der Waals surface area contributed by atoms with Crippen LogP contribution in [-0.4, -0.2) is 22.4 Å². The zero-order valence-corrected chi connectivity index (χ0v) is 13.8. The number of hydrogen-bond donors (Lipinski definition) is 1. The second-order valence-corrected chi connectivity index (χ2v) is 6.54. The Labute approximate surface area is 142 Å². The second-order valence-electron chi connectivity index (χ2n) is 4.09. The lowest BCUT2D eigenvalue weighted by Gasteiger charge is -2.09. The van der Waals surface area contributed by atoms with Crippen LogP contribution in [0.15, 0.2) is 52.5 Å². The quantitative estimate of drug-likeness (QED) is 0.796. The number of para-hydroxylation sites is 1. The molecule has 0 aliphatic rings. The van der Waals surface area contributed by atoms with Gasteiger partial charge in [0.2, 0.25) is 5.91 Å². The number of anilines is 1. The van der Waals surface area contributed by atoms with Gasteiger partial charge in [0.1, 0.15) is 0 Å². The Bertz CT molecular complexity index is 686. The van der Waals surface area contributed by atoms with E-state index in [1.807, 2.05) is 24.3 Å². The van der Waals surface area contributed by atoms with Crippen LogP contribution in [0, 0.1) is 11.3 Å². The van der Waals surface area contributed by atoms with Crippen LogP contribution in [0.25, 0.3) is 0 Å². The molecule has 1 N–H and O–H groups in total. The summed E-state index contributed by atoms with van der Waals surface area (Å²) in [4.78, 5) is 17.0. The van der Waals surface area contributed by atoms with Crippen molar-refractivity contribution in [2.24, 2.45) is 0 Å². The molecule has 0 fully saturated rings. The molecule has 1 aromatic heterocycles. The van der Waals surface area contributed by atoms with Gasteiger partial charge in [-0.05, 0) is 24.3 Å². The van der Waals surface area contributed by atoms with Gasteiger partial charge in [-0.3, -0.25) is 4.79 Å². The Morgan fingerprint density at radius 1 is 1.27 bits per heavy atom. The Hall–Kier alpha value is -1.68. The maximum absolute atomic E-state index is 12.0. The van der Waals surface area contributed by atoms with Crippen molar-refractivity contribution in [1.29, 1.82) is 5.26 Å². The summed E-state index contributed by atoms with van der Waals surface area (Å²) >= 11 is 8.50. The molecule has 2 aromatic rings. The Morgan fingerprint density at radius 2 is 2.09 bits per heavy atom. The molecule has 7 heteroatoms. The van der Waals surface area contributed by atoms with Gasteiger partial charge >= 0.3 is 0 Å². The fraction of sp³-hybridized carbons (Fsp3) is 0.133. The zero-order chi connectivity index (χ0) is 15.8. The highest BCUT2D eigenvalue weighted by atomic mass is 35.5. The molecule has 1 aromatic carbocycles. The van der Waals surface area contributed by atoms with Crippen molar-refractivity contribution in [2.45, 2.75) is 9.92 Å². The summed E-state index contributed by atoms with van der Waals surface area (Å²) in [6, 6.07) is 13.0. The molecule has 1 amide bonds. The normalized spacial score (nSPS) is 10.0. The topological polar surface area (TPSA) is 65.8 Å². The predicted octanol–water partition coefficient (Wildman–Crippen LogP) is 4.08. The third-order valence-corrected chi connectivity index (χ3v) is 4.61. The summed E-state index contributed by atoms with van der Waals surface area (Å²) in [6.45, 7) is 0. The van der Waals surface area contributed by atoms with Crippen LogP contribution in [0.2, 0.25) is 5.02 Å². The molecule has 0 bridgehead atoms. The number of pyridine rings is 1. The summed E-state index contributed by atoms with van der Waals surface area (Å²) < 4.78 is 0. The minimum Gasteiger partial charge on any atom is -0.324 e. The number of carbonyl (C=O) groups excluding carboxylic acids is 1. The van der Waals surface area contributed by atoms with E-state index in [1.165, 1.54) is 23.5 Å². The smallest absolute Gasteiger partial charge is 0.234 e. The third kappa shape index (κ3) is 5.26. The minimum atomic E-state index is -0.119. The summed E-state index contributed by atoms with van der Waals surface area (Å²) in [5, 5.41) is 12.8. The van der Waals surface area contributed by atoms with Crippen molar-refractivity contribution in [3.8, 4) is 6.07 Å². The molecule has 112 valence electrons. The van der Waals surface area contributed by atoms with E-state index in [0.29, 0.717) is 10.8 Å². The molecule has 0 saturated heterocycles. The maximum Gasteiger partial charge on any atom is 0.234 e. The van der Waals surface area contributed by atoms with Crippen molar-refractivity contribution in [3.05, 3.63) is 47.6 Å². The zero-order valence-electron chi connectivity index (χ0n) is 11.5. The summed E-state index contributed by atoms with van der Waals surface area (Å²) in [6.07, 6.45) is 1.55. The van der Waals surface area contributed by atoms with E-state index in [1.54, 1.807) is 18.3 Å². The van der Waals surface area contributed by atoms with Crippen LogP contribution < -0.4 is 5.32 Å². The molecule has 1 heterocycles. The Morgan fingerprint density at radius 3 is 2.82 bits per heavy atom. The van der Waals surface area contributed by atoms with Crippen molar-refractivity contribution in [1.82, 2.24) is 4.98 Å².